The average Bonchev–Trinajstić information content (AvgIpc) is 2.68. The van der Waals surface area contributed by atoms with Crippen molar-refractivity contribution in [1.29, 1.82) is 0 Å². The van der Waals surface area contributed by atoms with Gasteiger partial charge in [0.05, 0.1) is 21.3 Å². The summed E-state index contributed by atoms with van der Waals surface area (Å²) in [5.74, 6) is 1.84. The third-order valence-electron chi connectivity index (χ3n) is 4.75. The summed E-state index contributed by atoms with van der Waals surface area (Å²) < 4.78 is 30.0. The number of halogens is 1. The van der Waals surface area contributed by atoms with E-state index in [1.807, 2.05) is 18.2 Å². The Morgan fingerprint density at radius 2 is 1.77 bits per heavy atom. The molecule has 1 fully saturated rings. The Bertz CT molecular complexity index is 754. The first-order chi connectivity index (χ1) is 12.7. The molecule has 1 saturated heterocycles. The van der Waals surface area contributed by atoms with Crippen molar-refractivity contribution < 1.29 is 18.6 Å². The second-order valence-corrected chi connectivity index (χ2v) is 6.26. The predicted octanol–water partition coefficient (Wildman–Crippen LogP) is 3.00. The van der Waals surface area contributed by atoms with Crippen LogP contribution in [0.15, 0.2) is 36.4 Å². The van der Waals surface area contributed by atoms with Crippen LogP contribution in [0.1, 0.15) is 17.2 Å². The van der Waals surface area contributed by atoms with E-state index < -0.39 is 0 Å². The molecular weight excluding hydrogens is 335 g/mol. The first-order valence-corrected chi connectivity index (χ1v) is 8.65. The van der Waals surface area contributed by atoms with Crippen molar-refractivity contribution in [2.24, 2.45) is 0 Å². The van der Waals surface area contributed by atoms with Crippen LogP contribution in [0.25, 0.3) is 0 Å². The second kappa shape index (κ2) is 8.38. The molecule has 0 amide bonds. The van der Waals surface area contributed by atoms with Gasteiger partial charge in [0.1, 0.15) is 11.6 Å². The van der Waals surface area contributed by atoms with Gasteiger partial charge in [-0.25, -0.2) is 4.39 Å². The Labute approximate surface area is 153 Å². The van der Waals surface area contributed by atoms with E-state index in [0.29, 0.717) is 18.0 Å². The highest BCUT2D eigenvalue weighted by Crippen LogP contribution is 2.36. The quantitative estimate of drug-likeness (QED) is 0.858. The third-order valence-corrected chi connectivity index (χ3v) is 4.75. The van der Waals surface area contributed by atoms with E-state index in [-0.39, 0.29) is 11.9 Å². The van der Waals surface area contributed by atoms with Crippen LogP contribution in [0.5, 0.6) is 17.2 Å². The molecular formula is C20H25FN2O3. The topological polar surface area (TPSA) is 43.0 Å². The number of hydrogen-bond acceptors (Lipinski definition) is 5. The SMILES string of the molecule is COc1cc(OC)c(OC)cc1CN1CCNCC1c1cccc(F)c1. The number of rotatable bonds is 6. The average molecular weight is 360 g/mol. The van der Waals surface area contributed by atoms with E-state index in [1.165, 1.54) is 6.07 Å². The Morgan fingerprint density at radius 1 is 1.04 bits per heavy atom. The van der Waals surface area contributed by atoms with Gasteiger partial charge in [-0.2, -0.15) is 0 Å². The minimum atomic E-state index is -0.211. The van der Waals surface area contributed by atoms with Crippen LogP contribution in [0.3, 0.4) is 0 Å². The molecule has 2 aromatic rings. The fourth-order valence-electron chi connectivity index (χ4n) is 3.41. The number of nitrogens with zero attached hydrogens (tertiary/aromatic N) is 1. The first-order valence-electron chi connectivity index (χ1n) is 8.65. The second-order valence-electron chi connectivity index (χ2n) is 6.26. The molecule has 0 saturated carbocycles. The van der Waals surface area contributed by atoms with Gasteiger partial charge in [-0.05, 0) is 23.8 Å². The van der Waals surface area contributed by atoms with Gasteiger partial charge in [0.25, 0.3) is 0 Å². The standard InChI is InChI=1S/C20H25FN2O3/c1-24-18-11-20(26-3)19(25-2)10-15(18)13-23-8-7-22-12-17(23)14-5-4-6-16(21)9-14/h4-6,9-11,17,22H,7-8,12-13H2,1-3H3. The lowest BCUT2D eigenvalue weighted by atomic mass is 10.0. The number of ether oxygens (including phenoxy) is 3. The highest BCUT2D eigenvalue weighted by molar-refractivity contribution is 5.50. The van der Waals surface area contributed by atoms with Gasteiger partial charge in [-0.3, -0.25) is 4.90 Å². The van der Waals surface area contributed by atoms with Crippen LogP contribution in [-0.4, -0.2) is 45.9 Å². The molecule has 2 aromatic carbocycles. The molecule has 1 aliphatic rings. The normalized spacial score (nSPS) is 17.8. The Morgan fingerprint density at radius 3 is 2.46 bits per heavy atom. The lowest BCUT2D eigenvalue weighted by molar-refractivity contribution is 0.151. The highest BCUT2D eigenvalue weighted by Gasteiger charge is 2.25. The van der Waals surface area contributed by atoms with E-state index in [1.54, 1.807) is 33.5 Å². The smallest absolute Gasteiger partial charge is 0.164 e. The van der Waals surface area contributed by atoms with Crippen molar-refractivity contribution in [1.82, 2.24) is 10.2 Å². The zero-order valence-electron chi connectivity index (χ0n) is 15.4. The molecule has 0 aliphatic carbocycles. The summed E-state index contributed by atoms with van der Waals surface area (Å²) in [5.41, 5.74) is 1.98. The maximum Gasteiger partial charge on any atom is 0.164 e. The molecule has 6 heteroatoms. The molecule has 0 radical (unpaired) electrons. The molecule has 140 valence electrons. The third kappa shape index (κ3) is 3.92. The molecule has 1 heterocycles. The minimum absolute atomic E-state index is 0.0947. The molecule has 0 bridgehead atoms. The summed E-state index contributed by atoms with van der Waals surface area (Å²) in [6, 6.07) is 10.7. The Kier molecular flexibility index (Phi) is 5.96. The molecule has 0 spiro atoms. The van der Waals surface area contributed by atoms with Crippen molar-refractivity contribution in [2.45, 2.75) is 12.6 Å². The van der Waals surface area contributed by atoms with Gasteiger partial charge < -0.3 is 19.5 Å². The molecule has 26 heavy (non-hydrogen) atoms. The number of benzene rings is 2. The summed E-state index contributed by atoms with van der Waals surface area (Å²) in [7, 11) is 4.87. The van der Waals surface area contributed by atoms with Crippen LogP contribution in [0, 0.1) is 5.82 Å². The number of hydrogen-bond donors (Lipinski definition) is 1. The van der Waals surface area contributed by atoms with E-state index in [9.17, 15) is 4.39 Å². The van der Waals surface area contributed by atoms with Crippen molar-refractivity contribution in [2.75, 3.05) is 41.0 Å². The first kappa shape index (κ1) is 18.5. The molecule has 1 N–H and O–H groups in total. The van der Waals surface area contributed by atoms with E-state index in [0.717, 1.165) is 36.5 Å². The van der Waals surface area contributed by atoms with Gasteiger partial charge >= 0.3 is 0 Å². The molecule has 3 rings (SSSR count). The molecule has 1 aliphatic heterocycles. The van der Waals surface area contributed by atoms with Gasteiger partial charge in [-0.15, -0.1) is 0 Å². The van der Waals surface area contributed by atoms with Crippen LogP contribution in [0.2, 0.25) is 0 Å². The maximum atomic E-state index is 13.7. The monoisotopic (exact) mass is 360 g/mol. The van der Waals surface area contributed by atoms with Gasteiger partial charge in [-0.1, -0.05) is 12.1 Å². The van der Waals surface area contributed by atoms with Crippen LogP contribution in [-0.2, 0) is 6.54 Å². The molecule has 0 aromatic heterocycles. The van der Waals surface area contributed by atoms with Crippen LogP contribution >= 0.6 is 0 Å². The van der Waals surface area contributed by atoms with Gasteiger partial charge in [0.15, 0.2) is 11.5 Å². The summed E-state index contributed by atoms with van der Waals surface area (Å²) in [6.45, 7) is 3.20. The van der Waals surface area contributed by atoms with E-state index in [4.69, 9.17) is 14.2 Å². The van der Waals surface area contributed by atoms with E-state index in [2.05, 4.69) is 10.2 Å². The zero-order chi connectivity index (χ0) is 18.5. The predicted molar refractivity (Wildman–Crippen MR) is 98.5 cm³/mol. The Hall–Kier alpha value is -2.31. The van der Waals surface area contributed by atoms with Gasteiger partial charge in [0, 0.05) is 43.9 Å². The van der Waals surface area contributed by atoms with Crippen molar-refractivity contribution in [3.8, 4) is 17.2 Å². The fourth-order valence-corrected chi connectivity index (χ4v) is 3.41. The zero-order valence-corrected chi connectivity index (χ0v) is 15.4. The summed E-state index contributed by atoms with van der Waals surface area (Å²) in [4.78, 5) is 2.33. The van der Waals surface area contributed by atoms with E-state index >= 15 is 0 Å². The lowest BCUT2D eigenvalue weighted by Crippen LogP contribution is -2.45. The number of piperazine rings is 1. The maximum absolute atomic E-state index is 13.7. The van der Waals surface area contributed by atoms with Crippen LogP contribution in [0.4, 0.5) is 4.39 Å². The fraction of sp³-hybridized carbons (Fsp3) is 0.400. The molecule has 1 atom stereocenters. The van der Waals surface area contributed by atoms with Crippen molar-refractivity contribution in [3.63, 3.8) is 0 Å². The molecule has 5 nitrogen and oxygen atoms in total. The Balaban J connectivity index is 1.90. The number of nitrogens with one attached hydrogen (secondary N) is 1. The van der Waals surface area contributed by atoms with Crippen molar-refractivity contribution >= 4 is 0 Å². The molecule has 1 unspecified atom stereocenters. The number of methoxy groups -OCH3 is 3. The van der Waals surface area contributed by atoms with Crippen LogP contribution < -0.4 is 19.5 Å². The lowest BCUT2D eigenvalue weighted by Gasteiger charge is -2.37. The largest absolute Gasteiger partial charge is 0.496 e. The van der Waals surface area contributed by atoms with Gasteiger partial charge in [0.2, 0.25) is 0 Å². The minimum Gasteiger partial charge on any atom is -0.496 e. The summed E-state index contributed by atoms with van der Waals surface area (Å²) in [6.07, 6.45) is 0. The summed E-state index contributed by atoms with van der Waals surface area (Å²) >= 11 is 0. The highest BCUT2D eigenvalue weighted by atomic mass is 19.1. The summed E-state index contributed by atoms with van der Waals surface area (Å²) in [5, 5.41) is 3.40. The van der Waals surface area contributed by atoms with Crippen molar-refractivity contribution in [3.05, 3.63) is 53.3 Å².